The third-order valence-corrected chi connectivity index (χ3v) is 15.5. The number of halogens is 2. The maximum Gasteiger partial charge on any atom is 0.438 e. The van der Waals surface area contributed by atoms with E-state index in [9.17, 15) is 9.59 Å². The molecule has 1 saturated heterocycles. The van der Waals surface area contributed by atoms with Crippen molar-refractivity contribution in [3.63, 3.8) is 0 Å². The molecular weight excluding hydrogens is 847 g/mol. The lowest BCUT2D eigenvalue weighted by atomic mass is 9.83. The minimum atomic E-state index is -0.857. The minimum absolute atomic E-state index is 0.000212. The second-order valence-corrected chi connectivity index (χ2v) is 19.6. The van der Waals surface area contributed by atoms with Crippen LogP contribution in [0.1, 0.15) is 97.3 Å². The van der Waals surface area contributed by atoms with Crippen molar-refractivity contribution >= 4 is 27.7 Å². The molecule has 5 atom stereocenters. The summed E-state index contributed by atoms with van der Waals surface area (Å²) < 4.78 is 50.5. The molecule has 1 amide bonds. The standard InChI is InChI=1S/C49H48F2N10O5/c1-25-18-31(19-26(2)40(25)50)61-42(59-16-15-58(46(59)64)36-11-10-35-32(41(36)51)24-52-56(35)7)39-28(4)57(14-12-33(39)54-61)43(62)37-21-29-20-30(48-13-17-65-47(5,6)38(48)23-48)8-9-34(29)60(37)49(22-27(49)3)44-53-45(63)66-55-44/h8-11,15-16,18-21,24,27-28,38H,12-14,17,22-23H2,1-7H3,(H,53,55,63)/t27-,28-,38-,48-,49-/m0/s1. The maximum atomic E-state index is 16.2. The van der Waals surface area contributed by atoms with E-state index >= 15 is 13.6 Å². The summed E-state index contributed by atoms with van der Waals surface area (Å²) in [5.74, 6) is -0.790. The summed E-state index contributed by atoms with van der Waals surface area (Å²) in [5.41, 5.74) is 4.03. The zero-order valence-corrected chi connectivity index (χ0v) is 37.6. The van der Waals surface area contributed by atoms with Gasteiger partial charge < -0.3 is 14.2 Å². The van der Waals surface area contributed by atoms with Gasteiger partial charge in [-0.05, 0) is 125 Å². The van der Waals surface area contributed by atoms with E-state index in [0.717, 1.165) is 23.7 Å². The number of aromatic amines is 1. The number of aryl methyl sites for hydroxylation is 3. The number of nitrogens with zero attached hydrogens (tertiary/aromatic N) is 9. The van der Waals surface area contributed by atoms with Crippen LogP contribution in [0.5, 0.6) is 0 Å². The van der Waals surface area contributed by atoms with Gasteiger partial charge in [0, 0.05) is 60.9 Å². The Hall–Kier alpha value is -6.88. The molecule has 0 spiro atoms. The van der Waals surface area contributed by atoms with E-state index in [0.29, 0.717) is 82.8 Å². The van der Waals surface area contributed by atoms with Crippen LogP contribution in [-0.2, 0) is 29.2 Å². The van der Waals surface area contributed by atoms with Gasteiger partial charge >= 0.3 is 11.4 Å². The zero-order valence-electron chi connectivity index (χ0n) is 37.6. The lowest BCUT2D eigenvalue weighted by Crippen LogP contribution is -2.41. The first kappa shape index (κ1) is 40.6. The number of fused-ring (bicyclic) bond motifs is 4. The Morgan fingerprint density at radius 1 is 0.939 bits per heavy atom. The fourth-order valence-electron chi connectivity index (χ4n) is 11.9. The van der Waals surface area contributed by atoms with Crippen molar-refractivity contribution in [2.24, 2.45) is 18.9 Å². The molecule has 3 fully saturated rings. The van der Waals surface area contributed by atoms with Gasteiger partial charge in [0.1, 0.15) is 22.9 Å². The number of imidazole rings is 1. The molecule has 7 heterocycles. The van der Waals surface area contributed by atoms with Crippen LogP contribution in [0.4, 0.5) is 8.78 Å². The first-order valence-corrected chi connectivity index (χ1v) is 22.5. The van der Waals surface area contributed by atoms with E-state index in [2.05, 4.69) is 54.2 Å². The predicted molar refractivity (Wildman–Crippen MR) is 240 cm³/mol. The highest BCUT2D eigenvalue weighted by atomic mass is 19.1. The van der Waals surface area contributed by atoms with Crippen molar-refractivity contribution in [3.8, 4) is 17.2 Å². The number of rotatable bonds is 7. The highest BCUT2D eigenvalue weighted by molar-refractivity contribution is 6.00. The van der Waals surface area contributed by atoms with Crippen molar-refractivity contribution in [3.05, 3.63) is 139 Å². The number of hydrogen-bond acceptors (Lipinski definition) is 8. The Labute approximate surface area is 376 Å². The predicted octanol–water partition coefficient (Wildman–Crippen LogP) is 7.23. The van der Waals surface area contributed by atoms with Crippen molar-refractivity contribution in [2.45, 2.75) is 89.8 Å². The van der Waals surface area contributed by atoms with Crippen LogP contribution in [0, 0.1) is 37.3 Å². The van der Waals surface area contributed by atoms with Gasteiger partial charge in [0.05, 0.1) is 45.8 Å². The zero-order chi connectivity index (χ0) is 45.9. The molecule has 12 rings (SSSR count). The molecule has 2 aliphatic carbocycles. The highest BCUT2D eigenvalue weighted by Crippen LogP contribution is 2.65. The first-order valence-electron chi connectivity index (χ1n) is 22.5. The Balaban J connectivity index is 1.01. The average molecular weight is 895 g/mol. The van der Waals surface area contributed by atoms with Crippen LogP contribution in [0.2, 0.25) is 0 Å². The van der Waals surface area contributed by atoms with Gasteiger partial charge in [0.25, 0.3) is 5.91 Å². The molecule has 17 heteroatoms. The molecule has 2 saturated carbocycles. The van der Waals surface area contributed by atoms with Gasteiger partial charge in [0.15, 0.2) is 11.6 Å². The first-order chi connectivity index (χ1) is 31.5. The second kappa shape index (κ2) is 13.6. The summed E-state index contributed by atoms with van der Waals surface area (Å²) in [6, 6.07) is 14.4. The molecule has 8 aromatic rings. The van der Waals surface area contributed by atoms with Crippen LogP contribution in [0.15, 0.2) is 81.2 Å². The van der Waals surface area contributed by atoms with Gasteiger partial charge in [-0.25, -0.2) is 23.1 Å². The molecule has 1 N–H and O–H groups in total. The number of carbonyl (C=O) groups excluding carboxylic acids is 1. The monoisotopic (exact) mass is 894 g/mol. The number of aromatic nitrogens is 9. The summed E-state index contributed by atoms with van der Waals surface area (Å²) in [6.45, 7) is 12.6. The Bertz CT molecular complexity index is 3490. The van der Waals surface area contributed by atoms with Gasteiger partial charge in [0.2, 0.25) is 0 Å². The normalized spacial score (nSPS) is 24.3. The van der Waals surface area contributed by atoms with Crippen molar-refractivity contribution in [1.82, 2.24) is 48.3 Å². The number of amides is 1. The molecule has 2 aliphatic heterocycles. The fourth-order valence-corrected chi connectivity index (χ4v) is 11.9. The SMILES string of the molecule is Cc1cc(-n2nc3c(c2-n2ccn(-c4ccc5c(cnn5C)c4F)c2=O)[C@H](C)N(C(=O)c2cc4cc([C@@]56CCOC(C)(C)[C@@H]5C6)ccc4n2[C@@]2(c4noc(=O)[nH]4)C[C@@H]2C)CC3)cc(C)c1F. The topological polar surface area (TPSA) is 156 Å². The summed E-state index contributed by atoms with van der Waals surface area (Å²) in [7, 11) is 1.72. The van der Waals surface area contributed by atoms with Crippen LogP contribution in [0.25, 0.3) is 39.0 Å². The lowest BCUT2D eigenvalue weighted by molar-refractivity contribution is -0.0667. The molecule has 5 aromatic heterocycles. The summed E-state index contributed by atoms with van der Waals surface area (Å²) >= 11 is 0. The van der Waals surface area contributed by atoms with Gasteiger partial charge in [-0.15, -0.1) is 0 Å². The molecule has 0 bridgehead atoms. The number of ether oxygens (including phenoxy) is 1. The molecule has 3 aromatic carbocycles. The van der Waals surface area contributed by atoms with E-state index in [4.69, 9.17) is 14.4 Å². The van der Waals surface area contributed by atoms with Gasteiger partial charge in [-0.1, -0.05) is 18.1 Å². The van der Waals surface area contributed by atoms with Gasteiger partial charge in [-0.2, -0.15) is 10.2 Å². The third kappa shape index (κ3) is 5.48. The number of benzene rings is 3. The number of carbonyl (C=O) groups is 1. The quantitative estimate of drug-likeness (QED) is 0.176. The molecule has 338 valence electrons. The van der Waals surface area contributed by atoms with E-state index in [1.807, 2.05) is 17.6 Å². The van der Waals surface area contributed by atoms with Crippen molar-refractivity contribution < 1.29 is 22.8 Å². The largest absolute Gasteiger partial charge is 0.438 e. The highest BCUT2D eigenvalue weighted by Gasteiger charge is 2.64. The molecular formula is C49H48F2N10O5. The van der Waals surface area contributed by atoms with E-state index < -0.39 is 28.8 Å². The van der Waals surface area contributed by atoms with E-state index in [1.165, 1.54) is 27.1 Å². The Kier molecular flexibility index (Phi) is 8.36. The number of nitrogens with one attached hydrogen (secondary N) is 1. The van der Waals surface area contributed by atoms with E-state index in [-0.39, 0.29) is 39.7 Å². The lowest BCUT2D eigenvalue weighted by Gasteiger charge is -2.35. The molecule has 15 nitrogen and oxygen atoms in total. The second-order valence-electron chi connectivity index (χ2n) is 19.6. The van der Waals surface area contributed by atoms with Crippen LogP contribution >= 0.6 is 0 Å². The minimum Gasteiger partial charge on any atom is -0.375 e. The maximum absolute atomic E-state index is 16.2. The van der Waals surface area contributed by atoms with Gasteiger partial charge in [-0.3, -0.25) is 28.1 Å². The fraction of sp³-hybridized carbons (Fsp3) is 0.388. The summed E-state index contributed by atoms with van der Waals surface area (Å²) in [6.07, 6.45) is 7.40. The average Bonchev–Trinajstić information content (AvgIpc) is 3.68. The molecule has 0 radical (unpaired) electrons. The summed E-state index contributed by atoms with van der Waals surface area (Å²) in [4.78, 5) is 47.4. The smallest absolute Gasteiger partial charge is 0.375 e. The Morgan fingerprint density at radius 2 is 1.68 bits per heavy atom. The molecule has 4 aliphatic rings. The van der Waals surface area contributed by atoms with E-state index in [1.54, 1.807) is 65.6 Å². The molecule has 0 unspecified atom stereocenters. The van der Waals surface area contributed by atoms with Crippen LogP contribution in [0.3, 0.4) is 0 Å². The molecule has 66 heavy (non-hydrogen) atoms. The third-order valence-electron chi connectivity index (χ3n) is 15.5. The van der Waals surface area contributed by atoms with Crippen LogP contribution in [-0.4, -0.2) is 73.0 Å². The van der Waals surface area contributed by atoms with Crippen molar-refractivity contribution in [2.75, 3.05) is 13.2 Å². The van der Waals surface area contributed by atoms with Crippen LogP contribution < -0.4 is 11.4 Å². The number of hydrogen-bond donors (Lipinski definition) is 1. The van der Waals surface area contributed by atoms with Crippen molar-refractivity contribution in [1.29, 1.82) is 0 Å². The summed E-state index contributed by atoms with van der Waals surface area (Å²) in [5, 5.41) is 14.6. The Morgan fingerprint density at radius 3 is 2.41 bits per heavy atom. The number of H-pyrrole nitrogens is 1.